The van der Waals surface area contributed by atoms with Gasteiger partial charge in [0, 0.05) is 45.2 Å². The Morgan fingerprint density at radius 3 is 2.75 bits per heavy atom. The molecule has 0 radical (unpaired) electrons. The van der Waals surface area contributed by atoms with Crippen LogP contribution in [0.25, 0.3) is 0 Å². The van der Waals surface area contributed by atoms with Gasteiger partial charge in [-0.05, 0) is 19.8 Å². The zero-order chi connectivity index (χ0) is 17.0. The summed E-state index contributed by atoms with van der Waals surface area (Å²) in [7, 11) is 1.59. The number of methoxy groups -OCH3 is 1. The minimum atomic E-state index is -1.04. The van der Waals surface area contributed by atoms with E-state index in [0.29, 0.717) is 19.8 Å². The maximum Gasteiger partial charge on any atom is 0.264 e. The van der Waals surface area contributed by atoms with Gasteiger partial charge in [0.2, 0.25) is 4.93 Å². The molecule has 132 valence electrons. The van der Waals surface area contributed by atoms with Gasteiger partial charge in [-0.15, -0.1) is 0 Å². The Hall–Kier alpha value is -1.22. The minimum absolute atomic E-state index is 0.0888. The molecule has 1 atom stereocenters. The summed E-state index contributed by atoms with van der Waals surface area (Å²) >= 11 is 1.34. The molecule has 1 saturated carbocycles. The van der Waals surface area contributed by atoms with Crippen LogP contribution in [0.4, 0.5) is 0 Å². The number of rotatable bonds is 7. The summed E-state index contributed by atoms with van der Waals surface area (Å²) in [4.78, 5) is 22.8. The van der Waals surface area contributed by atoms with Gasteiger partial charge in [0.05, 0.1) is 18.9 Å². The van der Waals surface area contributed by atoms with Crippen molar-refractivity contribution in [3.8, 4) is 0 Å². The van der Waals surface area contributed by atoms with E-state index in [4.69, 9.17) is 9.47 Å². The fourth-order valence-electron chi connectivity index (χ4n) is 2.58. The van der Waals surface area contributed by atoms with Crippen LogP contribution in [0, 0.1) is 6.92 Å². The second-order valence-electron chi connectivity index (χ2n) is 6.14. The highest BCUT2D eigenvalue weighted by Crippen LogP contribution is 2.36. The molecule has 0 spiro atoms. The van der Waals surface area contributed by atoms with Crippen molar-refractivity contribution in [2.24, 2.45) is 0 Å². The quantitative estimate of drug-likeness (QED) is 0.575. The van der Waals surface area contributed by atoms with Gasteiger partial charge in [0.15, 0.2) is 0 Å². The monoisotopic (exact) mass is 352 g/mol. The summed E-state index contributed by atoms with van der Waals surface area (Å²) in [5.41, 5.74) is 0.796. The predicted molar refractivity (Wildman–Crippen MR) is 90.8 cm³/mol. The lowest BCUT2D eigenvalue weighted by Gasteiger charge is -2.36. The van der Waals surface area contributed by atoms with Crippen molar-refractivity contribution in [1.29, 1.82) is 0 Å². The zero-order valence-corrected chi connectivity index (χ0v) is 15.0. The molecule has 0 bridgehead atoms. The zero-order valence-electron chi connectivity index (χ0n) is 14.2. The molecule has 1 amide bonds. The number of amides is 1. The van der Waals surface area contributed by atoms with E-state index in [-0.39, 0.29) is 11.9 Å². The van der Waals surface area contributed by atoms with E-state index in [2.05, 4.69) is 20.2 Å². The number of carbonyl (C=O) groups is 1. The van der Waals surface area contributed by atoms with Gasteiger partial charge in [0.25, 0.3) is 5.91 Å². The first kappa shape index (κ1) is 17.6. The number of nitrogens with zero attached hydrogens (tertiary/aromatic N) is 3. The molecule has 1 aliphatic heterocycles. The summed E-state index contributed by atoms with van der Waals surface area (Å²) in [6.45, 7) is 5.33. The molecule has 1 aromatic rings. The van der Waals surface area contributed by atoms with Crippen LogP contribution in [0.5, 0.6) is 0 Å². The number of morpholine rings is 1. The molecule has 2 heterocycles. The predicted octanol–water partition coefficient (Wildman–Crippen LogP) is 0.831. The summed E-state index contributed by atoms with van der Waals surface area (Å²) < 4.78 is 11.2. The first-order valence-electron chi connectivity index (χ1n) is 8.26. The molecule has 3 rings (SSSR count). The van der Waals surface area contributed by atoms with Crippen molar-refractivity contribution < 1.29 is 14.3 Å². The van der Waals surface area contributed by atoms with E-state index in [1.54, 1.807) is 19.5 Å². The molecule has 1 saturated heterocycles. The Morgan fingerprint density at radius 2 is 2.12 bits per heavy atom. The molecule has 2 aliphatic rings. The topological polar surface area (TPSA) is 76.6 Å². The average molecular weight is 352 g/mol. The number of thioether (sulfide) groups is 1. The first-order valence-corrected chi connectivity index (χ1v) is 9.07. The number of hydrogen-bond donors (Lipinski definition) is 1. The molecule has 1 aromatic heterocycles. The van der Waals surface area contributed by atoms with Gasteiger partial charge < -0.3 is 14.8 Å². The highest BCUT2D eigenvalue weighted by molar-refractivity contribution is 8.01. The summed E-state index contributed by atoms with van der Waals surface area (Å²) in [6, 6.07) is 0.278. The molecule has 1 unspecified atom stereocenters. The first-order chi connectivity index (χ1) is 11.6. The Labute approximate surface area is 146 Å². The number of nitrogens with one attached hydrogen (secondary N) is 1. The third kappa shape index (κ3) is 4.24. The fraction of sp³-hybridized carbons (Fsp3) is 0.688. The van der Waals surface area contributed by atoms with Crippen LogP contribution in [0.2, 0.25) is 0 Å². The number of hydrogen-bond acceptors (Lipinski definition) is 7. The van der Waals surface area contributed by atoms with Crippen LogP contribution in [0.3, 0.4) is 0 Å². The van der Waals surface area contributed by atoms with Gasteiger partial charge in [0.1, 0.15) is 5.03 Å². The molecule has 0 aromatic carbocycles. The molecule has 24 heavy (non-hydrogen) atoms. The van der Waals surface area contributed by atoms with Gasteiger partial charge in [-0.3, -0.25) is 14.7 Å². The van der Waals surface area contributed by atoms with Gasteiger partial charge in [-0.1, -0.05) is 11.8 Å². The maximum absolute atomic E-state index is 13.0. The van der Waals surface area contributed by atoms with Crippen molar-refractivity contribution in [2.45, 2.75) is 35.8 Å². The van der Waals surface area contributed by atoms with E-state index in [9.17, 15) is 4.79 Å². The standard InChI is InChI=1S/C16H24N4O3S/c1-12-14(18-6-5-17-12)24-16(22-2,15(21)19-13-3-4-13)11-20-7-9-23-10-8-20/h5-6,13H,3-4,7-11H2,1-2H3,(H,19,21). The number of ether oxygens (including phenoxy) is 2. The summed E-state index contributed by atoms with van der Waals surface area (Å²) in [5.74, 6) is -0.0888. The lowest BCUT2D eigenvalue weighted by atomic mass is 10.2. The third-order valence-electron chi connectivity index (χ3n) is 4.22. The lowest BCUT2D eigenvalue weighted by Crippen LogP contribution is -2.55. The third-order valence-corrected chi connectivity index (χ3v) is 5.63. The maximum atomic E-state index is 13.0. The van der Waals surface area contributed by atoms with Crippen molar-refractivity contribution in [3.05, 3.63) is 18.1 Å². The van der Waals surface area contributed by atoms with Crippen molar-refractivity contribution in [3.63, 3.8) is 0 Å². The number of carbonyl (C=O) groups excluding carboxylic acids is 1. The SMILES string of the molecule is COC(CN1CCOCC1)(Sc1nccnc1C)C(=O)NC1CC1. The van der Waals surface area contributed by atoms with E-state index in [1.165, 1.54) is 11.8 Å². The Morgan fingerprint density at radius 1 is 1.42 bits per heavy atom. The van der Waals surface area contributed by atoms with E-state index in [1.807, 2.05) is 6.92 Å². The minimum Gasteiger partial charge on any atom is -0.379 e. The van der Waals surface area contributed by atoms with Crippen LogP contribution in [-0.4, -0.2) is 71.7 Å². The Kier molecular flexibility index (Phi) is 5.70. The highest BCUT2D eigenvalue weighted by atomic mass is 32.2. The summed E-state index contributed by atoms with van der Waals surface area (Å²) in [5, 5.41) is 3.81. The molecule has 1 aliphatic carbocycles. The average Bonchev–Trinajstić information content (AvgIpc) is 3.41. The van der Waals surface area contributed by atoms with Crippen molar-refractivity contribution >= 4 is 17.7 Å². The van der Waals surface area contributed by atoms with Crippen LogP contribution in [0.1, 0.15) is 18.5 Å². The summed E-state index contributed by atoms with van der Waals surface area (Å²) in [6.07, 6.45) is 5.37. The molecular weight excluding hydrogens is 328 g/mol. The van der Waals surface area contributed by atoms with E-state index < -0.39 is 4.93 Å². The van der Waals surface area contributed by atoms with Crippen molar-refractivity contribution in [2.75, 3.05) is 40.0 Å². The highest BCUT2D eigenvalue weighted by Gasteiger charge is 2.44. The normalized spacial score (nSPS) is 21.2. The molecule has 1 N–H and O–H groups in total. The lowest BCUT2D eigenvalue weighted by molar-refractivity contribution is -0.136. The molecular formula is C16H24N4O3S. The largest absolute Gasteiger partial charge is 0.379 e. The van der Waals surface area contributed by atoms with Crippen LogP contribution in [0.15, 0.2) is 17.4 Å². The van der Waals surface area contributed by atoms with Crippen LogP contribution >= 0.6 is 11.8 Å². The van der Waals surface area contributed by atoms with E-state index in [0.717, 1.165) is 36.7 Å². The second-order valence-corrected chi connectivity index (χ2v) is 7.39. The Balaban J connectivity index is 1.82. The molecule has 7 nitrogen and oxygen atoms in total. The van der Waals surface area contributed by atoms with Gasteiger partial charge in [-0.2, -0.15) is 0 Å². The second kappa shape index (κ2) is 7.77. The van der Waals surface area contributed by atoms with Crippen LogP contribution in [-0.2, 0) is 14.3 Å². The fourth-order valence-corrected chi connectivity index (χ4v) is 3.69. The molecule has 8 heteroatoms. The molecule has 2 fully saturated rings. The Bertz CT molecular complexity index is 578. The number of aryl methyl sites for hydroxylation is 1. The van der Waals surface area contributed by atoms with Crippen molar-refractivity contribution in [1.82, 2.24) is 20.2 Å². The number of aromatic nitrogens is 2. The van der Waals surface area contributed by atoms with E-state index >= 15 is 0 Å². The van der Waals surface area contributed by atoms with Gasteiger partial charge >= 0.3 is 0 Å². The van der Waals surface area contributed by atoms with Gasteiger partial charge in [-0.25, -0.2) is 4.98 Å². The van der Waals surface area contributed by atoms with Crippen LogP contribution < -0.4 is 5.32 Å². The smallest absolute Gasteiger partial charge is 0.264 e.